The average Bonchev–Trinajstić information content (AvgIpc) is 2.68. The molecule has 1 nitrogen and oxygen atoms in total. The highest BCUT2D eigenvalue weighted by atomic mass is 16.5. The van der Waals surface area contributed by atoms with Crippen LogP contribution in [0.5, 0.6) is 0 Å². The minimum Gasteiger partial charge on any atom is -0.378 e. The third-order valence-electron chi connectivity index (χ3n) is 7.33. The van der Waals surface area contributed by atoms with Crippen LogP contribution in [0, 0.1) is 17.8 Å². The molecule has 2 aliphatic rings. The van der Waals surface area contributed by atoms with E-state index < -0.39 is 0 Å². The first kappa shape index (κ1) is 22.3. The van der Waals surface area contributed by atoms with Crippen LogP contribution >= 0.6 is 0 Å². The van der Waals surface area contributed by atoms with E-state index in [4.69, 9.17) is 4.74 Å². The first-order valence-corrected chi connectivity index (χ1v) is 12.4. The zero-order chi connectivity index (χ0) is 18.5. The summed E-state index contributed by atoms with van der Waals surface area (Å²) in [5.74, 6) is 3.14. The summed E-state index contributed by atoms with van der Waals surface area (Å²) in [5, 5.41) is 0. The first-order chi connectivity index (χ1) is 12.8. The van der Waals surface area contributed by atoms with E-state index in [0.29, 0.717) is 6.10 Å². The summed E-state index contributed by atoms with van der Waals surface area (Å²) in [5.41, 5.74) is 0. The molecule has 0 atom stereocenters. The van der Waals surface area contributed by atoms with Crippen molar-refractivity contribution < 1.29 is 4.74 Å². The van der Waals surface area contributed by atoms with Gasteiger partial charge in [-0.05, 0) is 62.7 Å². The van der Waals surface area contributed by atoms with Crippen LogP contribution in [-0.2, 0) is 4.74 Å². The highest BCUT2D eigenvalue weighted by Gasteiger charge is 2.30. The van der Waals surface area contributed by atoms with Crippen LogP contribution in [-0.4, -0.2) is 12.7 Å². The molecule has 2 aliphatic carbocycles. The zero-order valence-electron chi connectivity index (χ0n) is 18.2. The maximum Gasteiger partial charge on any atom is 0.0575 e. The Morgan fingerprint density at radius 1 is 0.577 bits per heavy atom. The van der Waals surface area contributed by atoms with Crippen molar-refractivity contribution in [1.82, 2.24) is 0 Å². The van der Waals surface area contributed by atoms with Gasteiger partial charge in [0.1, 0.15) is 0 Å². The van der Waals surface area contributed by atoms with Crippen LogP contribution in [0.4, 0.5) is 0 Å². The number of unbranched alkanes of at least 4 members (excludes halogenated alkanes) is 7. The second kappa shape index (κ2) is 14.0. The molecular weight excluding hydrogens is 316 g/mol. The summed E-state index contributed by atoms with van der Waals surface area (Å²) in [6, 6.07) is 0. The van der Waals surface area contributed by atoms with Crippen LogP contribution in [0.1, 0.15) is 129 Å². The van der Waals surface area contributed by atoms with Crippen molar-refractivity contribution in [3.63, 3.8) is 0 Å². The number of ether oxygens (including phenoxy) is 1. The smallest absolute Gasteiger partial charge is 0.0575 e. The third kappa shape index (κ3) is 8.77. The summed E-state index contributed by atoms with van der Waals surface area (Å²) in [6.45, 7) is 5.66. The van der Waals surface area contributed by atoms with Gasteiger partial charge in [-0.15, -0.1) is 0 Å². The Kier molecular flexibility index (Phi) is 12.0. The summed E-state index contributed by atoms with van der Waals surface area (Å²) in [7, 11) is 0. The zero-order valence-corrected chi connectivity index (χ0v) is 18.2. The van der Waals surface area contributed by atoms with Crippen LogP contribution in [0.3, 0.4) is 0 Å². The summed E-state index contributed by atoms with van der Waals surface area (Å²) < 4.78 is 6.21. The van der Waals surface area contributed by atoms with E-state index in [2.05, 4.69) is 13.8 Å². The number of hydrogen-bond donors (Lipinski definition) is 0. The van der Waals surface area contributed by atoms with Gasteiger partial charge >= 0.3 is 0 Å². The quantitative estimate of drug-likeness (QED) is 0.298. The van der Waals surface area contributed by atoms with Crippen molar-refractivity contribution in [3.8, 4) is 0 Å². The second-order valence-corrected chi connectivity index (χ2v) is 9.45. The average molecular weight is 365 g/mol. The molecule has 26 heavy (non-hydrogen) atoms. The molecule has 2 rings (SSSR count). The molecule has 0 radical (unpaired) electrons. The van der Waals surface area contributed by atoms with E-state index in [9.17, 15) is 0 Å². The van der Waals surface area contributed by atoms with Gasteiger partial charge in [-0.3, -0.25) is 0 Å². The van der Waals surface area contributed by atoms with Gasteiger partial charge in [0, 0.05) is 6.61 Å². The first-order valence-electron chi connectivity index (χ1n) is 12.4. The highest BCUT2D eigenvalue weighted by Crippen LogP contribution is 2.41. The molecule has 0 bridgehead atoms. The number of rotatable bonds is 13. The van der Waals surface area contributed by atoms with Gasteiger partial charge in [0.25, 0.3) is 0 Å². The van der Waals surface area contributed by atoms with Crippen LogP contribution in [0.15, 0.2) is 0 Å². The normalized spacial score (nSPS) is 29.8. The highest BCUT2D eigenvalue weighted by molar-refractivity contribution is 4.82. The van der Waals surface area contributed by atoms with Crippen molar-refractivity contribution in [1.29, 1.82) is 0 Å². The lowest BCUT2D eigenvalue weighted by Gasteiger charge is -2.37. The lowest BCUT2D eigenvalue weighted by atomic mass is 9.70. The van der Waals surface area contributed by atoms with E-state index in [1.165, 1.54) is 116 Å². The Labute approximate surface area is 165 Å². The predicted octanol–water partition coefficient (Wildman–Crippen LogP) is 8.31. The molecule has 0 aromatic rings. The maximum atomic E-state index is 6.21. The molecule has 0 saturated heterocycles. The Bertz CT molecular complexity index is 310. The standard InChI is InChI=1S/C25H48O/c1-3-5-6-7-8-9-10-11-21-26-25-19-17-24(18-20-25)23-15-13-22(12-4-2)14-16-23/h22-25H,3-21H2,1-2H3/t22?,23?,24-,25-. The van der Waals surface area contributed by atoms with Gasteiger partial charge in [-0.2, -0.15) is 0 Å². The molecular formula is C25H48O. The lowest BCUT2D eigenvalue weighted by Crippen LogP contribution is -2.28. The van der Waals surface area contributed by atoms with E-state index in [-0.39, 0.29) is 0 Å². The van der Waals surface area contributed by atoms with Gasteiger partial charge < -0.3 is 4.74 Å². The molecule has 0 heterocycles. The van der Waals surface area contributed by atoms with Crippen molar-refractivity contribution in [2.45, 2.75) is 136 Å². The van der Waals surface area contributed by atoms with Crippen LogP contribution in [0.2, 0.25) is 0 Å². The van der Waals surface area contributed by atoms with Gasteiger partial charge in [0.05, 0.1) is 6.10 Å². The fraction of sp³-hybridized carbons (Fsp3) is 1.00. The van der Waals surface area contributed by atoms with Crippen LogP contribution in [0.25, 0.3) is 0 Å². The summed E-state index contributed by atoms with van der Waals surface area (Å²) in [4.78, 5) is 0. The van der Waals surface area contributed by atoms with Crippen LogP contribution < -0.4 is 0 Å². The molecule has 0 amide bonds. The molecule has 0 aromatic carbocycles. The largest absolute Gasteiger partial charge is 0.378 e. The fourth-order valence-electron chi connectivity index (χ4n) is 5.57. The van der Waals surface area contributed by atoms with Gasteiger partial charge in [0.15, 0.2) is 0 Å². The molecule has 0 aliphatic heterocycles. The Morgan fingerprint density at radius 3 is 1.69 bits per heavy atom. The Morgan fingerprint density at radius 2 is 1.12 bits per heavy atom. The minimum atomic E-state index is 0.590. The van der Waals surface area contributed by atoms with Gasteiger partial charge in [-0.25, -0.2) is 0 Å². The topological polar surface area (TPSA) is 9.23 Å². The molecule has 1 heteroatoms. The maximum absolute atomic E-state index is 6.21. The molecule has 2 saturated carbocycles. The van der Waals surface area contributed by atoms with E-state index >= 15 is 0 Å². The molecule has 154 valence electrons. The summed E-state index contributed by atoms with van der Waals surface area (Å²) in [6.07, 6.45) is 26.3. The molecule has 0 aromatic heterocycles. The predicted molar refractivity (Wildman–Crippen MR) is 115 cm³/mol. The molecule has 0 unspecified atom stereocenters. The second-order valence-electron chi connectivity index (χ2n) is 9.45. The van der Waals surface area contributed by atoms with Crippen molar-refractivity contribution >= 4 is 0 Å². The van der Waals surface area contributed by atoms with Crippen molar-refractivity contribution in [2.75, 3.05) is 6.61 Å². The molecule has 2 fully saturated rings. The van der Waals surface area contributed by atoms with Gasteiger partial charge in [-0.1, -0.05) is 84.5 Å². The Hall–Kier alpha value is -0.0400. The number of hydrogen-bond acceptors (Lipinski definition) is 1. The Balaban J connectivity index is 1.44. The van der Waals surface area contributed by atoms with E-state index in [0.717, 1.165) is 24.4 Å². The molecule has 0 spiro atoms. The monoisotopic (exact) mass is 364 g/mol. The summed E-state index contributed by atoms with van der Waals surface area (Å²) >= 11 is 0. The van der Waals surface area contributed by atoms with Crippen molar-refractivity contribution in [3.05, 3.63) is 0 Å². The van der Waals surface area contributed by atoms with E-state index in [1.54, 1.807) is 0 Å². The van der Waals surface area contributed by atoms with Gasteiger partial charge in [0.2, 0.25) is 0 Å². The van der Waals surface area contributed by atoms with E-state index in [1.807, 2.05) is 0 Å². The molecule has 0 N–H and O–H groups in total. The minimum absolute atomic E-state index is 0.590. The lowest BCUT2D eigenvalue weighted by molar-refractivity contribution is 0.00528. The fourth-order valence-corrected chi connectivity index (χ4v) is 5.57. The SMILES string of the molecule is CCCCCCCCCCO[C@H]1CC[C@H](C2CCC(CCC)CC2)CC1. The van der Waals surface area contributed by atoms with Crippen molar-refractivity contribution in [2.24, 2.45) is 17.8 Å². The third-order valence-corrected chi connectivity index (χ3v) is 7.33.